The third-order valence-electron chi connectivity index (χ3n) is 4.12. The van der Waals surface area contributed by atoms with Gasteiger partial charge in [0.15, 0.2) is 0 Å². The van der Waals surface area contributed by atoms with Gasteiger partial charge in [0.05, 0.1) is 11.3 Å². The molecule has 132 valence electrons. The molecule has 3 aromatic rings. The monoisotopic (exact) mass is 520 g/mol. The lowest BCUT2D eigenvalue weighted by molar-refractivity contribution is 0.0994. The second-order valence-corrected chi connectivity index (χ2v) is 8.14. The normalized spacial score (nSPS) is 10.5. The molecular formula is C21H18BrIN2O. The average molecular weight is 521 g/mol. The van der Waals surface area contributed by atoms with Gasteiger partial charge < -0.3 is 10.2 Å². The third kappa shape index (κ3) is 4.27. The van der Waals surface area contributed by atoms with Gasteiger partial charge in [-0.3, -0.25) is 4.79 Å². The molecule has 0 saturated heterocycles. The van der Waals surface area contributed by atoms with Crippen molar-refractivity contribution < 1.29 is 4.79 Å². The molecule has 0 aromatic heterocycles. The highest BCUT2D eigenvalue weighted by Gasteiger charge is 2.18. The fourth-order valence-electron chi connectivity index (χ4n) is 2.66. The first-order valence-electron chi connectivity index (χ1n) is 8.11. The summed E-state index contributed by atoms with van der Waals surface area (Å²) in [6.45, 7) is 2.06. The number of nitrogens with one attached hydrogen (secondary N) is 1. The van der Waals surface area contributed by atoms with Gasteiger partial charge in [0.2, 0.25) is 0 Å². The lowest BCUT2D eigenvalue weighted by Gasteiger charge is -2.20. The summed E-state index contributed by atoms with van der Waals surface area (Å²) < 4.78 is 2.05. The van der Waals surface area contributed by atoms with Gasteiger partial charge in [0.1, 0.15) is 0 Å². The van der Waals surface area contributed by atoms with Gasteiger partial charge in [0.25, 0.3) is 5.91 Å². The minimum absolute atomic E-state index is 0.0665. The first-order chi connectivity index (χ1) is 12.5. The summed E-state index contributed by atoms with van der Waals surface area (Å²) >= 11 is 5.78. The molecular weight excluding hydrogens is 503 g/mol. The zero-order valence-corrected chi connectivity index (χ0v) is 18.2. The van der Waals surface area contributed by atoms with Crippen molar-refractivity contribution in [3.63, 3.8) is 0 Å². The summed E-state index contributed by atoms with van der Waals surface area (Å²) in [4.78, 5) is 14.8. The average Bonchev–Trinajstić information content (AvgIpc) is 2.64. The molecule has 0 spiro atoms. The van der Waals surface area contributed by atoms with E-state index in [-0.39, 0.29) is 5.91 Å². The highest BCUT2D eigenvalue weighted by Crippen LogP contribution is 2.29. The Bertz CT molecular complexity index is 944. The quantitative estimate of drug-likeness (QED) is 0.405. The molecule has 0 aliphatic rings. The molecule has 0 radical (unpaired) electrons. The van der Waals surface area contributed by atoms with Gasteiger partial charge in [-0.2, -0.15) is 0 Å². The number of rotatable bonds is 4. The Kier molecular flexibility index (Phi) is 5.98. The van der Waals surface area contributed by atoms with Crippen LogP contribution in [0.3, 0.4) is 0 Å². The number of hydrogen-bond acceptors (Lipinski definition) is 2. The van der Waals surface area contributed by atoms with Crippen LogP contribution in [-0.2, 0) is 0 Å². The van der Waals surface area contributed by atoms with Crippen molar-refractivity contribution in [1.29, 1.82) is 0 Å². The van der Waals surface area contributed by atoms with E-state index in [4.69, 9.17) is 0 Å². The van der Waals surface area contributed by atoms with Crippen LogP contribution in [0.15, 0.2) is 71.2 Å². The van der Waals surface area contributed by atoms with E-state index in [1.807, 2.05) is 60.7 Å². The lowest BCUT2D eigenvalue weighted by Crippen LogP contribution is -2.26. The number of benzene rings is 3. The second-order valence-electron chi connectivity index (χ2n) is 5.97. The molecule has 3 nitrogen and oxygen atoms in total. The van der Waals surface area contributed by atoms with Gasteiger partial charge in [-0.1, -0.05) is 34.1 Å². The van der Waals surface area contributed by atoms with Crippen molar-refractivity contribution in [1.82, 2.24) is 0 Å². The number of halogens is 2. The Morgan fingerprint density at radius 3 is 2.38 bits per heavy atom. The molecule has 26 heavy (non-hydrogen) atoms. The van der Waals surface area contributed by atoms with E-state index in [0.29, 0.717) is 5.56 Å². The molecule has 3 rings (SSSR count). The summed E-state index contributed by atoms with van der Waals surface area (Å²) in [7, 11) is 1.79. The van der Waals surface area contributed by atoms with E-state index in [2.05, 4.69) is 56.8 Å². The largest absolute Gasteiger partial charge is 0.355 e. The molecule has 0 unspecified atom stereocenters. The summed E-state index contributed by atoms with van der Waals surface area (Å²) in [5.41, 5.74) is 4.38. The maximum absolute atomic E-state index is 13.1. The van der Waals surface area contributed by atoms with E-state index in [9.17, 15) is 4.79 Å². The highest BCUT2D eigenvalue weighted by atomic mass is 127. The molecule has 0 bridgehead atoms. The van der Waals surface area contributed by atoms with E-state index in [0.717, 1.165) is 27.1 Å². The number of hydrogen-bond donors (Lipinski definition) is 1. The minimum Gasteiger partial charge on any atom is -0.355 e. The number of carbonyl (C=O) groups excluding carboxylic acids is 1. The van der Waals surface area contributed by atoms with E-state index >= 15 is 0 Å². The standard InChI is InChI=1S/C21H18BrIN2O/c1-14-12-16(23)9-11-19(14)24-20-10-8-15(22)13-18(20)21(26)25(2)17-6-4-3-5-7-17/h3-13,24H,1-2H3. The van der Waals surface area contributed by atoms with Gasteiger partial charge in [0, 0.05) is 26.5 Å². The first-order valence-corrected chi connectivity index (χ1v) is 9.99. The van der Waals surface area contributed by atoms with Crippen molar-refractivity contribution >= 4 is 61.5 Å². The Hall–Kier alpha value is -1.86. The van der Waals surface area contributed by atoms with Gasteiger partial charge in [-0.15, -0.1) is 0 Å². The first kappa shape index (κ1) is 18.9. The van der Waals surface area contributed by atoms with Crippen molar-refractivity contribution in [3.8, 4) is 0 Å². The second kappa shape index (κ2) is 8.22. The number of carbonyl (C=O) groups is 1. The molecule has 0 heterocycles. The van der Waals surface area contributed by atoms with Crippen LogP contribution < -0.4 is 10.2 Å². The zero-order chi connectivity index (χ0) is 18.7. The summed E-state index contributed by atoms with van der Waals surface area (Å²) in [5.74, 6) is -0.0665. The Morgan fingerprint density at radius 1 is 1.00 bits per heavy atom. The van der Waals surface area contributed by atoms with E-state index in [1.54, 1.807) is 11.9 Å². The van der Waals surface area contributed by atoms with Gasteiger partial charge in [-0.25, -0.2) is 0 Å². The SMILES string of the molecule is Cc1cc(I)ccc1Nc1ccc(Br)cc1C(=O)N(C)c1ccccc1. The lowest BCUT2D eigenvalue weighted by atomic mass is 10.1. The maximum Gasteiger partial charge on any atom is 0.260 e. The van der Waals surface area contributed by atoms with Crippen LogP contribution in [0.4, 0.5) is 17.1 Å². The smallest absolute Gasteiger partial charge is 0.260 e. The third-order valence-corrected chi connectivity index (χ3v) is 5.28. The topological polar surface area (TPSA) is 32.3 Å². The molecule has 0 aliphatic heterocycles. The van der Waals surface area contributed by atoms with Crippen LogP contribution in [-0.4, -0.2) is 13.0 Å². The Balaban J connectivity index is 1.96. The maximum atomic E-state index is 13.1. The Labute approximate surface area is 175 Å². The van der Waals surface area contributed by atoms with Crippen molar-refractivity contribution in [2.24, 2.45) is 0 Å². The van der Waals surface area contributed by atoms with Crippen LogP contribution in [0.25, 0.3) is 0 Å². The number of aryl methyl sites for hydroxylation is 1. The zero-order valence-electron chi connectivity index (χ0n) is 14.5. The number of amides is 1. The molecule has 0 aliphatic carbocycles. The molecule has 0 saturated carbocycles. The van der Waals surface area contributed by atoms with Gasteiger partial charge in [-0.05, 0) is 83.6 Å². The van der Waals surface area contributed by atoms with Gasteiger partial charge >= 0.3 is 0 Å². The highest BCUT2D eigenvalue weighted by molar-refractivity contribution is 14.1. The van der Waals surface area contributed by atoms with Crippen molar-refractivity contribution in [2.75, 3.05) is 17.3 Å². The molecule has 1 N–H and O–H groups in total. The summed E-state index contributed by atoms with van der Waals surface area (Å²) in [6.07, 6.45) is 0. The van der Waals surface area contributed by atoms with Crippen LogP contribution >= 0.6 is 38.5 Å². The van der Waals surface area contributed by atoms with Crippen LogP contribution in [0.1, 0.15) is 15.9 Å². The molecule has 0 atom stereocenters. The number of nitrogens with zero attached hydrogens (tertiary/aromatic N) is 1. The fourth-order valence-corrected chi connectivity index (χ4v) is 3.67. The predicted octanol–water partition coefficient (Wildman–Crippen LogP) is 6.38. The Morgan fingerprint density at radius 2 is 1.69 bits per heavy atom. The summed E-state index contributed by atoms with van der Waals surface area (Å²) in [6, 6.07) is 21.5. The van der Waals surface area contributed by atoms with Crippen molar-refractivity contribution in [3.05, 3.63) is 85.9 Å². The van der Waals surface area contributed by atoms with Crippen molar-refractivity contribution in [2.45, 2.75) is 6.92 Å². The molecule has 3 aromatic carbocycles. The number of anilines is 3. The fraction of sp³-hybridized carbons (Fsp3) is 0.0952. The molecule has 1 amide bonds. The van der Waals surface area contributed by atoms with Crippen LogP contribution in [0.2, 0.25) is 0 Å². The minimum atomic E-state index is -0.0665. The van der Waals surface area contributed by atoms with Crippen LogP contribution in [0, 0.1) is 10.5 Å². The van der Waals surface area contributed by atoms with Crippen LogP contribution in [0.5, 0.6) is 0 Å². The number of para-hydroxylation sites is 1. The van der Waals surface area contributed by atoms with E-state index < -0.39 is 0 Å². The molecule has 5 heteroatoms. The molecule has 0 fully saturated rings. The summed E-state index contributed by atoms with van der Waals surface area (Å²) in [5, 5.41) is 3.41. The van der Waals surface area contributed by atoms with E-state index in [1.165, 1.54) is 3.57 Å². The predicted molar refractivity (Wildman–Crippen MR) is 120 cm³/mol.